The highest BCUT2D eigenvalue weighted by atomic mass is 32.2. The van der Waals surface area contributed by atoms with E-state index in [9.17, 15) is 8.42 Å². The molecule has 0 unspecified atom stereocenters. The molecule has 0 aromatic carbocycles. The number of nitrogens with zero attached hydrogens (tertiary/aromatic N) is 2. The maximum absolute atomic E-state index is 12.1. The van der Waals surface area contributed by atoms with Crippen LogP contribution in [0.1, 0.15) is 37.8 Å². The number of pyridine rings is 1. The lowest BCUT2D eigenvalue weighted by Crippen LogP contribution is -2.21. The van der Waals surface area contributed by atoms with Crippen LogP contribution in [0.3, 0.4) is 0 Å². The Morgan fingerprint density at radius 2 is 2.00 bits per heavy atom. The molecule has 6 heteroatoms. The number of hydrogen-bond donors (Lipinski definition) is 1. The van der Waals surface area contributed by atoms with Gasteiger partial charge in [-0.1, -0.05) is 12.8 Å². The molecule has 1 saturated heterocycles. The third-order valence-corrected chi connectivity index (χ3v) is 5.56. The zero-order valence-electron chi connectivity index (χ0n) is 12.5. The maximum Gasteiger partial charge on any atom is 0.232 e. The lowest BCUT2D eigenvalue weighted by atomic mass is 10.3. The predicted octanol–water partition coefficient (Wildman–Crippen LogP) is 2.53. The summed E-state index contributed by atoms with van der Waals surface area (Å²) in [6.45, 7) is 3.94. The summed E-state index contributed by atoms with van der Waals surface area (Å²) in [7, 11) is -3.25. The van der Waals surface area contributed by atoms with Crippen LogP contribution in [-0.2, 0) is 10.0 Å². The van der Waals surface area contributed by atoms with Gasteiger partial charge in [0, 0.05) is 13.1 Å². The van der Waals surface area contributed by atoms with E-state index in [1.54, 1.807) is 0 Å². The lowest BCUT2D eigenvalue weighted by Gasteiger charge is -2.18. The summed E-state index contributed by atoms with van der Waals surface area (Å²) >= 11 is 0. The molecule has 21 heavy (non-hydrogen) atoms. The fourth-order valence-corrected chi connectivity index (χ4v) is 4.02. The standard InChI is InChI=1S/C15H23N3O2S/c1-12-14(17-21(19,20)11-8-13-4-5-13)6-7-15(16-12)18-9-2-3-10-18/h6-7,13,17H,2-5,8-11H2,1H3. The van der Waals surface area contributed by atoms with Gasteiger partial charge in [0.05, 0.1) is 17.1 Å². The number of aromatic nitrogens is 1. The molecule has 0 radical (unpaired) electrons. The summed E-state index contributed by atoms with van der Waals surface area (Å²) in [4.78, 5) is 6.79. The average molecular weight is 309 g/mol. The van der Waals surface area contributed by atoms with Crippen molar-refractivity contribution in [3.8, 4) is 0 Å². The Hall–Kier alpha value is -1.30. The van der Waals surface area contributed by atoms with Gasteiger partial charge in [-0.15, -0.1) is 0 Å². The van der Waals surface area contributed by atoms with Gasteiger partial charge >= 0.3 is 0 Å². The van der Waals surface area contributed by atoms with Crippen LogP contribution in [0.25, 0.3) is 0 Å². The Morgan fingerprint density at radius 1 is 1.29 bits per heavy atom. The monoisotopic (exact) mass is 309 g/mol. The van der Waals surface area contributed by atoms with Gasteiger partial charge in [-0.05, 0) is 44.2 Å². The van der Waals surface area contributed by atoms with Crippen molar-refractivity contribution in [3.05, 3.63) is 17.8 Å². The topological polar surface area (TPSA) is 62.3 Å². The molecule has 0 spiro atoms. The van der Waals surface area contributed by atoms with Crippen LogP contribution in [0, 0.1) is 12.8 Å². The normalized spacial score (nSPS) is 19.0. The van der Waals surface area contributed by atoms with E-state index < -0.39 is 10.0 Å². The van der Waals surface area contributed by atoms with Crippen LogP contribution < -0.4 is 9.62 Å². The van der Waals surface area contributed by atoms with Crippen molar-refractivity contribution in [2.75, 3.05) is 28.5 Å². The summed E-state index contributed by atoms with van der Waals surface area (Å²) < 4.78 is 26.8. The average Bonchev–Trinajstić information content (AvgIpc) is 3.11. The van der Waals surface area contributed by atoms with Crippen molar-refractivity contribution in [1.82, 2.24) is 4.98 Å². The predicted molar refractivity (Wildman–Crippen MR) is 85.2 cm³/mol. The summed E-state index contributed by atoms with van der Waals surface area (Å²) in [6.07, 6.45) is 5.54. The number of aryl methyl sites for hydroxylation is 1. The lowest BCUT2D eigenvalue weighted by molar-refractivity contribution is 0.595. The van der Waals surface area contributed by atoms with Crippen LogP contribution in [0.4, 0.5) is 11.5 Å². The molecule has 2 aliphatic rings. The molecule has 2 fully saturated rings. The highest BCUT2D eigenvalue weighted by Gasteiger charge is 2.24. The molecule has 2 heterocycles. The van der Waals surface area contributed by atoms with Gasteiger partial charge in [0.2, 0.25) is 10.0 Å². The molecule has 1 aromatic heterocycles. The van der Waals surface area contributed by atoms with Crippen molar-refractivity contribution in [2.45, 2.75) is 39.0 Å². The van der Waals surface area contributed by atoms with E-state index in [1.165, 1.54) is 25.7 Å². The molecule has 116 valence electrons. The zero-order chi connectivity index (χ0) is 14.9. The second kappa shape index (κ2) is 5.83. The number of rotatable bonds is 6. The molecule has 0 bridgehead atoms. The van der Waals surface area contributed by atoms with Crippen molar-refractivity contribution in [2.24, 2.45) is 5.92 Å². The van der Waals surface area contributed by atoms with Gasteiger partial charge in [0.1, 0.15) is 5.82 Å². The van der Waals surface area contributed by atoms with Crippen molar-refractivity contribution >= 4 is 21.5 Å². The van der Waals surface area contributed by atoms with Crippen LogP contribution in [-0.4, -0.2) is 32.2 Å². The number of sulfonamides is 1. The quantitative estimate of drug-likeness (QED) is 0.877. The van der Waals surface area contributed by atoms with Gasteiger partial charge in [-0.2, -0.15) is 0 Å². The van der Waals surface area contributed by atoms with E-state index in [0.29, 0.717) is 11.6 Å². The highest BCUT2D eigenvalue weighted by Crippen LogP contribution is 2.32. The Bertz CT molecular complexity index is 605. The van der Waals surface area contributed by atoms with Crippen molar-refractivity contribution in [1.29, 1.82) is 0 Å². The minimum atomic E-state index is -3.25. The molecule has 1 N–H and O–H groups in total. The Kier molecular flexibility index (Phi) is 4.06. The molecule has 5 nitrogen and oxygen atoms in total. The third kappa shape index (κ3) is 3.87. The summed E-state index contributed by atoms with van der Waals surface area (Å²) in [5.74, 6) is 1.79. The van der Waals surface area contributed by atoms with E-state index in [0.717, 1.165) is 31.0 Å². The maximum atomic E-state index is 12.1. The summed E-state index contributed by atoms with van der Waals surface area (Å²) in [6, 6.07) is 3.75. The molecule has 1 aliphatic carbocycles. The third-order valence-electron chi connectivity index (χ3n) is 4.26. The van der Waals surface area contributed by atoms with E-state index >= 15 is 0 Å². The molecule has 0 atom stereocenters. The SMILES string of the molecule is Cc1nc(N2CCCC2)ccc1NS(=O)(=O)CCC1CC1. The first kappa shape index (κ1) is 14.6. The molecule has 1 aromatic rings. The van der Waals surface area contributed by atoms with Gasteiger partial charge in [-0.25, -0.2) is 13.4 Å². The second-order valence-electron chi connectivity index (χ2n) is 6.15. The molecule has 3 rings (SSSR count). The Balaban J connectivity index is 1.66. The van der Waals surface area contributed by atoms with Crippen LogP contribution in [0.15, 0.2) is 12.1 Å². The summed E-state index contributed by atoms with van der Waals surface area (Å²) in [5.41, 5.74) is 1.35. The molecule has 1 aliphatic heterocycles. The van der Waals surface area contributed by atoms with Crippen molar-refractivity contribution < 1.29 is 8.42 Å². The number of anilines is 2. The molecule has 1 saturated carbocycles. The first-order chi connectivity index (χ1) is 10.0. The van der Waals surface area contributed by atoms with Gasteiger partial charge in [0.15, 0.2) is 0 Å². The van der Waals surface area contributed by atoms with E-state index in [-0.39, 0.29) is 5.75 Å². The minimum absolute atomic E-state index is 0.213. The van der Waals surface area contributed by atoms with Gasteiger partial charge in [-0.3, -0.25) is 4.72 Å². The number of nitrogens with one attached hydrogen (secondary N) is 1. The van der Waals surface area contributed by atoms with E-state index in [2.05, 4.69) is 14.6 Å². The number of hydrogen-bond acceptors (Lipinski definition) is 4. The molecule has 0 amide bonds. The molecular weight excluding hydrogens is 286 g/mol. The molecular formula is C15H23N3O2S. The first-order valence-electron chi connectivity index (χ1n) is 7.76. The fraction of sp³-hybridized carbons (Fsp3) is 0.667. The largest absolute Gasteiger partial charge is 0.357 e. The second-order valence-corrected chi connectivity index (χ2v) is 7.99. The van der Waals surface area contributed by atoms with Crippen molar-refractivity contribution in [3.63, 3.8) is 0 Å². The smallest absolute Gasteiger partial charge is 0.232 e. The zero-order valence-corrected chi connectivity index (χ0v) is 13.3. The fourth-order valence-electron chi connectivity index (χ4n) is 2.72. The van der Waals surface area contributed by atoms with Gasteiger partial charge < -0.3 is 4.90 Å². The van der Waals surface area contributed by atoms with E-state index in [1.807, 2.05) is 19.1 Å². The Morgan fingerprint density at radius 3 is 2.62 bits per heavy atom. The van der Waals surface area contributed by atoms with Crippen LogP contribution in [0.5, 0.6) is 0 Å². The van der Waals surface area contributed by atoms with E-state index in [4.69, 9.17) is 0 Å². The van der Waals surface area contributed by atoms with Gasteiger partial charge in [0.25, 0.3) is 0 Å². The van der Waals surface area contributed by atoms with Crippen LogP contribution >= 0.6 is 0 Å². The summed E-state index contributed by atoms with van der Waals surface area (Å²) in [5, 5.41) is 0. The van der Waals surface area contributed by atoms with Crippen LogP contribution in [0.2, 0.25) is 0 Å². The Labute approximate surface area is 126 Å². The minimum Gasteiger partial charge on any atom is -0.357 e. The first-order valence-corrected chi connectivity index (χ1v) is 9.42. The highest BCUT2D eigenvalue weighted by molar-refractivity contribution is 7.92.